The summed E-state index contributed by atoms with van der Waals surface area (Å²) in [5.41, 5.74) is 0.307. The molecule has 0 bridgehead atoms. The Balaban J connectivity index is 4.20. The number of ether oxygens (including phenoxy) is 1. The van der Waals surface area contributed by atoms with Gasteiger partial charge in [0.1, 0.15) is 0 Å². The van der Waals surface area contributed by atoms with Crippen molar-refractivity contribution in [2.24, 2.45) is 11.8 Å². The van der Waals surface area contributed by atoms with Crippen LogP contribution in [-0.2, 0) is 14.3 Å². The van der Waals surface area contributed by atoms with Crippen LogP contribution in [0.25, 0.3) is 0 Å². The summed E-state index contributed by atoms with van der Waals surface area (Å²) in [5, 5.41) is 0. The summed E-state index contributed by atoms with van der Waals surface area (Å²) in [6.45, 7) is 11.0. The Morgan fingerprint density at radius 2 is 1.73 bits per heavy atom. The zero-order valence-corrected chi connectivity index (χ0v) is 9.74. The summed E-state index contributed by atoms with van der Waals surface area (Å²) in [6, 6.07) is 0. The molecule has 0 N–H and O–H groups in total. The largest absolute Gasteiger partial charge is 0.386 e. The van der Waals surface area contributed by atoms with E-state index in [9.17, 15) is 9.59 Å². The average molecular weight is 210 g/mol. The smallest absolute Gasteiger partial charge is 0.341 e. The zero-order valence-electron chi connectivity index (χ0n) is 9.74. The minimum Gasteiger partial charge on any atom is -0.386 e. The van der Waals surface area contributed by atoms with Crippen LogP contribution >= 0.6 is 0 Å². The van der Waals surface area contributed by atoms with Crippen molar-refractivity contribution in [2.45, 2.75) is 27.7 Å². The molecular formula is C12H18O3. The molecule has 0 saturated carbocycles. The Morgan fingerprint density at radius 3 is 2.13 bits per heavy atom. The third kappa shape index (κ3) is 5.83. The number of hydrogen-bond acceptors (Lipinski definition) is 3. The highest BCUT2D eigenvalue weighted by Gasteiger charge is 2.14. The maximum atomic E-state index is 11.3. The van der Waals surface area contributed by atoms with Gasteiger partial charge >= 0.3 is 11.9 Å². The predicted octanol–water partition coefficient (Wildman–Crippen LogP) is 2.48. The molecule has 0 radical (unpaired) electrons. The lowest BCUT2D eigenvalue weighted by Gasteiger charge is -2.06. The first-order valence-electron chi connectivity index (χ1n) is 4.97. The minimum atomic E-state index is -0.650. The van der Waals surface area contributed by atoms with E-state index in [4.69, 9.17) is 0 Å². The molecule has 0 heterocycles. The molecule has 3 heteroatoms. The maximum Gasteiger partial charge on any atom is 0.341 e. The van der Waals surface area contributed by atoms with Gasteiger partial charge in [-0.15, -0.1) is 0 Å². The quantitative estimate of drug-likeness (QED) is 0.407. The Kier molecular flexibility index (Phi) is 5.60. The molecule has 15 heavy (non-hydrogen) atoms. The number of hydrogen-bond donors (Lipinski definition) is 0. The van der Waals surface area contributed by atoms with Crippen LogP contribution in [-0.4, -0.2) is 11.9 Å². The normalized spacial score (nSPS) is 11.1. The monoisotopic (exact) mass is 210 g/mol. The molecule has 84 valence electrons. The molecular weight excluding hydrogens is 192 g/mol. The number of carbonyl (C=O) groups excluding carboxylic acids is 2. The van der Waals surface area contributed by atoms with Crippen LogP contribution in [0.2, 0.25) is 0 Å². The molecule has 0 aromatic rings. The lowest BCUT2D eigenvalue weighted by Crippen LogP contribution is -2.15. The van der Waals surface area contributed by atoms with Crippen LogP contribution in [0.4, 0.5) is 0 Å². The molecule has 0 saturated heterocycles. The van der Waals surface area contributed by atoms with E-state index >= 15 is 0 Å². The standard InChI is InChI=1S/C12H18O3/c1-8(2)6-7-11(13)15-12(14)10(5)9(3)4/h6-9H,5H2,1-4H3. The predicted molar refractivity (Wildman–Crippen MR) is 59.1 cm³/mol. The van der Waals surface area contributed by atoms with Crippen LogP contribution in [0.1, 0.15) is 27.7 Å². The van der Waals surface area contributed by atoms with Gasteiger partial charge in [0.05, 0.1) is 0 Å². The third-order valence-electron chi connectivity index (χ3n) is 1.77. The van der Waals surface area contributed by atoms with Crippen molar-refractivity contribution < 1.29 is 14.3 Å². The van der Waals surface area contributed by atoms with E-state index in [1.165, 1.54) is 6.08 Å². The van der Waals surface area contributed by atoms with Crippen LogP contribution in [0, 0.1) is 11.8 Å². The van der Waals surface area contributed by atoms with Gasteiger partial charge in [0.25, 0.3) is 0 Å². The van der Waals surface area contributed by atoms with Crippen molar-refractivity contribution in [3.63, 3.8) is 0 Å². The molecule has 0 unspecified atom stereocenters. The zero-order chi connectivity index (χ0) is 12.0. The van der Waals surface area contributed by atoms with Crippen LogP contribution in [0.3, 0.4) is 0 Å². The highest BCUT2D eigenvalue weighted by atomic mass is 16.6. The van der Waals surface area contributed by atoms with E-state index in [1.54, 1.807) is 6.08 Å². The van der Waals surface area contributed by atoms with Gasteiger partial charge in [-0.2, -0.15) is 0 Å². The van der Waals surface area contributed by atoms with E-state index in [0.29, 0.717) is 5.57 Å². The lowest BCUT2D eigenvalue weighted by atomic mass is 10.1. The Hall–Kier alpha value is -1.38. The van der Waals surface area contributed by atoms with E-state index in [-0.39, 0.29) is 11.8 Å². The van der Waals surface area contributed by atoms with Crippen molar-refractivity contribution >= 4 is 11.9 Å². The molecule has 0 aliphatic rings. The summed E-state index contributed by atoms with van der Waals surface area (Å²) >= 11 is 0. The molecule has 0 fully saturated rings. The second-order valence-electron chi connectivity index (χ2n) is 3.99. The van der Waals surface area contributed by atoms with Gasteiger partial charge in [0, 0.05) is 11.6 Å². The van der Waals surface area contributed by atoms with Gasteiger partial charge < -0.3 is 4.74 Å². The molecule has 0 aromatic carbocycles. The van der Waals surface area contributed by atoms with Gasteiger partial charge in [-0.3, -0.25) is 0 Å². The van der Waals surface area contributed by atoms with Crippen molar-refractivity contribution in [2.75, 3.05) is 0 Å². The average Bonchev–Trinajstić information content (AvgIpc) is 2.13. The second-order valence-corrected chi connectivity index (χ2v) is 3.99. The Morgan fingerprint density at radius 1 is 1.20 bits per heavy atom. The summed E-state index contributed by atoms with van der Waals surface area (Å²) in [5.74, 6) is -1.06. The number of rotatable bonds is 4. The van der Waals surface area contributed by atoms with Crippen molar-refractivity contribution in [1.29, 1.82) is 0 Å². The van der Waals surface area contributed by atoms with Crippen LogP contribution in [0.15, 0.2) is 24.3 Å². The van der Waals surface area contributed by atoms with E-state index < -0.39 is 11.9 Å². The molecule has 0 aliphatic heterocycles. The first-order valence-corrected chi connectivity index (χ1v) is 4.97. The summed E-state index contributed by atoms with van der Waals surface area (Å²) in [4.78, 5) is 22.4. The molecule has 0 aromatic heterocycles. The first kappa shape index (κ1) is 13.6. The first-order chi connectivity index (χ1) is 6.84. The Labute approximate surface area is 90.8 Å². The summed E-state index contributed by atoms with van der Waals surface area (Å²) < 4.78 is 4.56. The SMILES string of the molecule is C=C(C(=O)OC(=O)C=CC(C)C)C(C)C. The van der Waals surface area contributed by atoms with Crippen molar-refractivity contribution in [1.82, 2.24) is 0 Å². The molecule has 0 aliphatic carbocycles. The maximum absolute atomic E-state index is 11.3. The molecule has 3 nitrogen and oxygen atoms in total. The summed E-state index contributed by atoms with van der Waals surface area (Å²) in [7, 11) is 0. The van der Waals surface area contributed by atoms with Gasteiger partial charge in [-0.1, -0.05) is 40.3 Å². The van der Waals surface area contributed by atoms with Crippen LogP contribution in [0.5, 0.6) is 0 Å². The van der Waals surface area contributed by atoms with E-state index in [2.05, 4.69) is 11.3 Å². The van der Waals surface area contributed by atoms with E-state index in [1.807, 2.05) is 27.7 Å². The number of allylic oxidation sites excluding steroid dienone is 1. The third-order valence-corrected chi connectivity index (χ3v) is 1.77. The minimum absolute atomic E-state index is 0.0145. The lowest BCUT2D eigenvalue weighted by molar-refractivity contribution is -0.153. The Bertz CT molecular complexity index is 285. The van der Waals surface area contributed by atoms with Gasteiger partial charge in [0.2, 0.25) is 0 Å². The fourth-order valence-corrected chi connectivity index (χ4v) is 0.698. The van der Waals surface area contributed by atoms with Crippen molar-refractivity contribution in [3.8, 4) is 0 Å². The fourth-order valence-electron chi connectivity index (χ4n) is 0.698. The summed E-state index contributed by atoms with van der Waals surface area (Å²) in [6.07, 6.45) is 2.93. The number of esters is 2. The molecule has 0 amide bonds. The second kappa shape index (κ2) is 6.17. The molecule has 0 spiro atoms. The fraction of sp³-hybridized carbons (Fsp3) is 0.500. The number of carbonyl (C=O) groups is 2. The molecule has 0 atom stereocenters. The highest BCUT2D eigenvalue weighted by Crippen LogP contribution is 2.08. The van der Waals surface area contributed by atoms with Gasteiger partial charge in [-0.25, -0.2) is 9.59 Å². The van der Waals surface area contributed by atoms with Crippen molar-refractivity contribution in [3.05, 3.63) is 24.3 Å². The van der Waals surface area contributed by atoms with Crippen LogP contribution < -0.4 is 0 Å². The van der Waals surface area contributed by atoms with Gasteiger partial charge in [0.15, 0.2) is 0 Å². The molecule has 0 rings (SSSR count). The highest BCUT2D eigenvalue weighted by molar-refractivity contribution is 5.99. The topological polar surface area (TPSA) is 43.4 Å². The van der Waals surface area contributed by atoms with Gasteiger partial charge in [-0.05, 0) is 11.8 Å². The van der Waals surface area contributed by atoms with E-state index in [0.717, 1.165) is 0 Å².